The molecule has 0 fully saturated rings. The number of nitrogens with one attached hydrogen (secondary N) is 1. The zero-order valence-corrected chi connectivity index (χ0v) is 15.3. The molecule has 0 saturated heterocycles. The Balaban J connectivity index is 2.43. The number of esters is 1. The highest BCUT2D eigenvalue weighted by Crippen LogP contribution is 2.30. The van der Waals surface area contributed by atoms with Crippen molar-refractivity contribution in [3.8, 4) is 0 Å². The number of amides is 1. The molecule has 0 aliphatic carbocycles. The molecule has 0 saturated carbocycles. The standard InChI is InChI=1S/C18H24N2O5/c1-6-8-11-9-12-14(19-10-11)13(16(21)23-7-2)15(24-12)20-17(22)25-18(3,4)5/h9-10H,6-8H2,1-5H3,(H,20,22). The number of carbonyl (C=O) groups is 2. The average molecular weight is 348 g/mol. The van der Waals surface area contributed by atoms with E-state index in [2.05, 4.69) is 17.2 Å². The van der Waals surface area contributed by atoms with E-state index >= 15 is 0 Å². The second-order valence-electron chi connectivity index (χ2n) is 6.59. The van der Waals surface area contributed by atoms with Crippen LogP contribution in [0.15, 0.2) is 16.7 Å². The predicted octanol–water partition coefficient (Wildman–Crippen LogP) is 4.30. The minimum Gasteiger partial charge on any atom is -0.462 e. The lowest BCUT2D eigenvalue weighted by molar-refractivity contribution is 0.0529. The monoisotopic (exact) mass is 348 g/mol. The maximum Gasteiger partial charge on any atom is 0.414 e. The lowest BCUT2D eigenvalue weighted by Crippen LogP contribution is -2.27. The molecule has 0 atom stereocenters. The van der Waals surface area contributed by atoms with Crippen molar-refractivity contribution in [2.75, 3.05) is 11.9 Å². The van der Waals surface area contributed by atoms with Gasteiger partial charge in [-0.25, -0.2) is 9.59 Å². The van der Waals surface area contributed by atoms with Crippen molar-refractivity contribution >= 4 is 29.0 Å². The van der Waals surface area contributed by atoms with E-state index in [1.807, 2.05) is 6.07 Å². The number of hydrogen-bond acceptors (Lipinski definition) is 6. The highest BCUT2D eigenvalue weighted by atomic mass is 16.6. The summed E-state index contributed by atoms with van der Waals surface area (Å²) in [5.74, 6) is -0.633. The SMILES string of the molecule is CCCc1cnc2c(C(=O)OCC)c(NC(=O)OC(C)(C)C)oc2c1. The molecule has 0 radical (unpaired) electrons. The number of nitrogens with zero attached hydrogens (tertiary/aromatic N) is 1. The third-order valence-electron chi connectivity index (χ3n) is 3.22. The van der Waals surface area contributed by atoms with Crippen LogP contribution in [0.25, 0.3) is 11.1 Å². The zero-order valence-electron chi connectivity index (χ0n) is 15.3. The van der Waals surface area contributed by atoms with Gasteiger partial charge >= 0.3 is 12.1 Å². The van der Waals surface area contributed by atoms with Gasteiger partial charge in [0.15, 0.2) is 5.58 Å². The zero-order chi connectivity index (χ0) is 18.6. The third kappa shape index (κ3) is 4.71. The summed E-state index contributed by atoms with van der Waals surface area (Å²) in [7, 11) is 0. The molecular weight excluding hydrogens is 324 g/mol. The maximum atomic E-state index is 12.3. The van der Waals surface area contributed by atoms with Gasteiger partial charge in [0.05, 0.1) is 6.61 Å². The molecule has 0 aliphatic heterocycles. The van der Waals surface area contributed by atoms with Gasteiger partial charge in [0.1, 0.15) is 16.7 Å². The fraction of sp³-hybridized carbons (Fsp3) is 0.500. The first-order valence-electron chi connectivity index (χ1n) is 8.33. The van der Waals surface area contributed by atoms with Crippen molar-refractivity contribution < 1.29 is 23.5 Å². The smallest absolute Gasteiger partial charge is 0.414 e. The first kappa shape index (κ1) is 18.8. The number of rotatable bonds is 5. The number of hydrogen-bond donors (Lipinski definition) is 1. The van der Waals surface area contributed by atoms with Gasteiger partial charge in [0.25, 0.3) is 0 Å². The molecule has 136 valence electrons. The van der Waals surface area contributed by atoms with Gasteiger partial charge in [-0.3, -0.25) is 10.3 Å². The summed E-state index contributed by atoms with van der Waals surface area (Å²) in [6.45, 7) is 9.20. The Bertz CT molecular complexity index is 774. The lowest BCUT2D eigenvalue weighted by atomic mass is 10.1. The van der Waals surface area contributed by atoms with Crippen LogP contribution in [0.4, 0.5) is 10.7 Å². The van der Waals surface area contributed by atoms with Gasteiger partial charge in [-0.1, -0.05) is 13.3 Å². The van der Waals surface area contributed by atoms with Crippen LogP contribution in [-0.4, -0.2) is 29.3 Å². The number of ether oxygens (including phenoxy) is 2. The van der Waals surface area contributed by atoms with Crippen LogP contribution < -0.4 is 5.32 Å². The van der Waals surface area contributed by atoms with Gasteiger partial charge in [0, 0.05) is 6.20 Å². The molecule has 2 rings (SSSR count). The Hall–Kier alpha value is -2.57. The van der Waals surface area contributed by atoms with Crippen molar-refractivity contribution in [2.45, 2.75) is 53.1 Å². The van der Waals surface area contributed by atoms with E-state index in [0.717, 1.165) is 18.4 Å². The van der Waals surface area contributed by atoms with Crippen LogP contribution in [0.3, 0.4) is 0 Å². The number of pyridine rings is 1. The van der Waals surface area contributed by atoms with Gasteiger partial charge < -0.3 is 13.9 Å². The normalized spacial score (nSPS) is 11.4. The van der Waals surface area contributed by atoms with E-state index in [9.17, 15) is 9.59 Å². The summed E-state index contributed by atoms with van der Waals surface area (Å²) in [6, 6.07) is 1.81. The van der Waals surface area contributed by atoms with Crippen LogP contribution in [0.1, 0.15) is 57.0 Å². The lowest BCUT2D eigenvalue weighted by Gasteiger charge is -2.19. The molecule has 1 N–H and O–H groups in total. The van der Waals surface area contributed by atoms with E-state index < -0.39 is 17.7 Å². The quantitative estimate of drug-likeness (QED) is 0.810. The number of furan rings is 1. The van der Waals surface area contributed by atoms with Gasteiger partial charge in [-0.05, 0) is 45.7 Å². The molecule has 0 bridgehead atoms. The van der Waals surface area contributed by atoms with Gasteiger partial charge in [-0.2, -0.15) is 0 Å². The second-order valence-corrected chi connectivity index (χ2v) is 6.59. The summed E-state index contributed by atoms with van der Waals surface area (Å²) in [5.41, 5.74) is 1.17. The topological polar surface area (TPSA) is 90.7 Å². The molecule has 0 aliphatic rings. The first-order chi connectivity index (χ1) is 11.7. The molecule has 2 aromatic rings. The highest BCUT2D eigenvalue weighted by Gasteiger charge is 2.26. The Morgan fingerprint density at radius 1 is 1.28 bits per heavy atom. The molecule has 0 spiro atoms. The average Bonchev–Trinajstić information content (AvgIpc) is 2.82. The van der Waals surface area contributed by atoms with Crippen LogP contribution in [-0.2, 0) is 15.9 Å². The molecule has 25 heavy (non-hydrogen) atoms. The van der Waals surface area contributed by atoms with Gasteiger partial charge in [0.2, 0.25) is 5.88 Å². The fourth-order valence-corrected chi connectivity index (χ4v) is 2.32. The first-order valence-corrected chi connectivity index (χ1v) is 8.33. The Kier molecular flexibility index (Phi) is 5.66. The molecule has 0 unspecified atom stereocenters. The van der Waals surface area contributed by atoms with Crippen molar-refractivity contribution in [3.63, 3.8) is 0 Å². The highest BCUT2D eigenvalue weighted by molar-refractivity contribution is 6.08. The van der Waals surface area contributed by atoms with Crippen LogP contribution in [0.2, 0.25) is 0 Å². The molecule has 2 aromatic heterocycles. The van der Waals surface area contributed by atoms with Crippen molar-refractivity contribution in [1.82, 2.24) is 4.98 Å². The number of anilines is 1. The summed E-state index contributed by atoms with van der Waals surface area (Å²) in [4.78, 5) is 28.7. The summed E-state index contributed by atoms with van der Waals surface area (Å²) in [6.07, 6.45) is 2.78. The molecule has 1 amide bonds. The number of aromatic nitrogens is 1. The minimum absolute atomic E-state index is 0.0242. The van der Waals surface area contributed by atoms with Gasteiger partial charge in [-0.15, -0.1) is 0 Å². The Labute approximate surface area is 146 Å². The number of carbonyl (C=O) groups excluding carboxylic acids is 2. The molecule has 7 nitrogen and oxygen atoms in total. The molecule has 0 aromatic carbocycles. The van der Waals surface area contributed by atoms with Crippen molar-refractivity contribution in [2.24, 2.45) is 0 Å². The van der Waals surface area contributed by atoms with E-state index in [-0.39, 0.29) is 18.1 Å². The van der Waals surface area contributed by atoms with Crippen LogP contribution in [0, 0.1) is 0 Å². The molecular formula is C18H24N2O5. The summed E-state index contributed by atoms with van der Waals surface area (Å²) in [5, 5.41) is 2.48. The molecule has 2 heterocycles. The Morgan fingerprint density at radius 2 is 2.00 bits per heavy atom. The van der Waals surface area contributed by atoms with E-state index in [1.165, 1.54) is 0 Å². The largest absolute Gasteiger partial charge is 0.462 e. The Morgan fingerprint density at radius 3 is 2.60 bits per heavy atom. The van der Waals surface area contributed by atoms with Crippen molar-refractivity contribution in [1.29, 1.82) is 0 Å². The van der Waals surface area contributed by atoms with E-state index in [0.29, 0.717) is 11.1 Å². The van der Waals surface area contributed by atoms with Crippen LogP contribution in [0.5, 0.6) is 0 Å². The summed E-state index contributed by atoms with van der Waals surface area (Å²) < 4.78 is 15.9. The molecule has 7 heteroatoms. The fourth-order valence-electron chi connectivity index (χ4n) is 2.32. The second kappa shape index (κ2) is 7.55. The maximum absolute atomic E-state index is 12.3. The van der Waals surface area contributed by atoms with E-state index in [1.54, 1.807) is 33.9 Å². The summed E-state index contributed by atoms with van der Waals surface area (Å²) >= 11 is 0. The third-order valence-corrected chi connectivity index (χ3v) is 3.22. The van der Waals surface area contributed by atoms with E-state index in [4.69, 9.17) is 13.9 Å². The number of aryl methyl sites for hydroxylation is 1. The number of fused-ring (bicyclic) bond motifs is 1. The minimum atomic E-state index is -0.717. The predicted molar refractivity (Wildman–Crippen MR) is 93.8 cm³/mol. The van der Waals surface area contributed by atoms with Crippen molar-refractivity contribution in [3.05, 3.63) is 23.4 Å². The van der Waals surface area contributed by atoms with Crippen LogP contribution >= 0.6 is 0 Å².